The molecule has 1 amide bonds. The fraction of sp³-hybridized carbons (Fsp3) is 0.227. The number of methoxy groups -OCH3 is 1. The summed E-state index contributed by atoms with van der Waals surface area (Å²) in [6.07, 6.45) is -1.20. The van der Waals surface area contributed by atoms with Gasteiger partial charge in [-0.15, -0.1) is 0 Å². The first-order valence-electron chi connectivity index (χ1n) is 9.49. The third-order valence-electron chi connectivity index (χ3n) is 5.23. The number of amides is 1. The van der Waals surface area contributed by atoms with Crippen molar-refractivity contribution in [1.82, 2.24) is 10.3 Å². The standard InChI is InChI=1S/C22H19N3O5S/c1-30-14-7-8-15-16(9-14)20(13-5-3-2-4-6-13)17(10-23)24-21(15)22(27)25-18-11-31(28,29)12-19(18)26/h2-9,18-19,26H,11-12H2,1H3,(H,25,27)/t18-,19?/m1/s1. The van der Waals surface area contributed by atoms with Crippen LogP contribution in [0, 0.1) is 11.3 Å². The highest BCUT2D eigenvalue weighted by Gasteiger charge is 2.38. The molecule has 8 nitrogen and oxygen atoms in total. The third-order valence-corrected chi connectivity index (χ3v) is 6.95. The number of carbonyl (C=O) groups is 1. The second kappa shape index (κ2) is 7.98. The highest BCUT2D eigenvalue weighted by Crippen LogP contribution is 2.35. The molecule has 4 rings (SSSR count). The summed E-state index contributed by atoms with van der Waals surface area (Å²) in [5.74, 6) is -0.866. The van der Waals surface area contributed by atoms with Crippen molar-refractivity contribution in [3.8, 4) is 22.9 Å². The summed E-state index contributed by atoms with van der Waals surface area (Å²) < 4.78 is 28.9. The van der Waals surface area contributed by atoms with Gasteiger partial charge in [-0.05, 0) is 29.1 Å². The van der Waals surface area contributed by atoms with E-state index in [-0.39, 0.29) is 17.1 Å². The Morgan fingerprint density at radius 3 is 2.55 bits per heavy atom. The van der Waals surface area contributed by atoms with Gasteiger partial charge >= 0.3 is 0 Å². The minimum Gasteiger partial charge on any atom is -0.497 e. The van der Waals surface area contributed by atoms with Crippen LogP contribution in [0.15, 0.2) is 48.5 Å². The zero-order chi connectivity index (χ0) is 22.2. The predicted octanol–water partition coefficient (Wildman–Crippen LogP) is 1.67. The zero-order valence-electron chi connectivity index (χ0n) is 16.6. The average molecular weight is 437 g/mol. The Morgan fingerprint density at radius 2 is 1.94 bits per heavy atom. The van der Waals surface area contributed by atoms with Crippen LogP contribution < -0.4 is 10.1 Å². The number of aromatic nitrogens is 1. The van der Waals surface area contributed by atoms with Crippen LogP contribution in [0.1, 0.15) is 16.2 Å². The number of carbonyl (C=O) groups excluding carboxylic acids is 1. The minimum atomic E-state index is -3.43. The van der Waals surface area contributed by atoms with Gasteiger partial charge in [0.05, 0.1) is 30.8 Å². The number of fused-ring (bicyclic) bond motifs is 1. The van der Waals surface area contributed by atoms with E-state index in [1.807, 2.05) is 30.3 Å². The molecule has 1 aliphatic rings. The molecule has 2 heterocycles. The molecule has 1 fully saturated rings. The van der Waals surface area contributed by atoms with Gasteiger partial charge in [0.25, 0.3) is 5.91 Å². The molecule has 2 atom stereocenters. The van der Waals surface area contributed by atoms with Crippen molar-refractivity contribution < 1.29 is 23.1 Å². The molecule has 0 spiro atoms. The van der Waals surface area contributed by atoms with Crippen molar-refractivity contribution in [1.29, 1.82) is 5.26 Å². The lowest BCUT2D eigenvalue weighted by molar-refractivity contribution is 0.0885. The monoisotopic (exact) mass is 437 g/mol. The van der Waals surface area contributed by atoms with Crippen molar-refractivity contribution in [2.24, 2.45) is 0 Å². The molecule has 31 heavy (non-hydrogen) atoms. The summed E-state index contributed by atoms with van der Waals surface area (Å²) in [5.41, 5.74) is 1.35. The Hall–Kier alpha value is -3.48. The molecule has 0 radical (unpaired) electrons. The normalized spacial score (nSPS) is 19.6. The number of nitrogens with zero attached hydrogens (tertiary/aromatic N) is 2. The van der Waals surface area contributed by atoms with Crippen LogP contribution in [0.4, 0.5) is 0 Å². The van der Waals surface area contributed by atoms with E-state index < -0.39 is 33.6 Å². The second-order valence-electron chi connectivity index (χ2n) is 7.30. The smallest absolute Gasteiger partial charge is 0.270 e. The molecule has 3 aromatic rings. The largest absolute Gasteiger partial charge is 0.497 e. The van der Waals surface area contributed by atoms with E-state index in [1.165, 1.54) is 7.11 Å². The minimum absolute atomic E-state index is 0.0228. The Morgan fingerprint density at radius 1 is 1.19 bits per heavy atom. The number of hydrogen-bond acceptors (Lipinski definition) is 7. The molecule has 1 aromatic heterocycles. The lowest BCUT2D eigenvalue weighted by Crippen LogP contribution is -2.43. The van der Waals surface area contributed by atoms with Crippen molar-refractivity contribution in [3.05, 3.63) is 59.9 Å². The van der Waals surface area contributed by atoms with Crippen molar-refractivity contribution >= 4 is 26.5 Å². The van der Waals surface area contributed by atoms with Gasteiger partial charge in [-0.25, -0.2) is 13.4 Å². The summed E-state index contributed by atoms with van der Waals surface area (Å²) in [7, 11) is -1.91. The Kier molecular flexibility index (Phi) is 5.35. The maximum absolute atomic E-state index is 13.0. The lowest BCUT2D eigenvalue weighted by Gasteiger charge is -2.17. The van der Waals surface area contributed by atoms with Crippen molar-refractivity contribution in [3.63, 3.8) is 0 Å². The summed E-state index contributed by atoms with van der Waals surface area (Å²) in [4.78, 5) is 17.3. The number of aliphatic hydroxyl groups is 1. The number of pyridine rings is 1. The van der Waals surface area contributed by atoms with Crippen LogP contribution in [-0.2, 0) is 9.84 Å². The molecule has 158 valence electrons. The predicted molar refractivity (Wildman–Crippen MR) is 114 cm³/mol. The number of benzene rings is 2. The Labute approximate surface area is 179 Å². The molecule has 0 aliphatic carbocycles. The maximum Gasteiger partial charge on any atom is 0.270 e. The van der Waals surface area contributed by atoms with Crippen LogP contribution in [0.3, 0.4) is 0 Å². The SMILES string of the molecule is COc1ccc2c(C(=O)N[C@@H]3CS(=O)(=O)CC3O)nc(C#N)c(-c3ccccc3)c2c1. The highest BCUT2D eigenvalue weighted by atomic mass is 32.2. The van der Waals surface area contributed by atoms with Crippen LogP contribution in [0.5, 0.6) is 5.75 Å². The van der Waals surface area contributed by atoms with Gasteiger partial charge in [-0.3, -0.25) is 4.79 Å². The third kappa shape index (κ3) is 3.95. The zero-order valence-corrected chi connectivity index (χ0v) is 17.4. The van der Waals surface area contributed by atoms with Crippen molar-refractivity contribution in [2.75, 3.05) is 18.6 Å². The van der Waals surface area contributed by atoms with Crippen LogP contribution in [0.2, 0.25) is 0 Å². The number of hydrogen-bond donors (Lipinski definition) is 2. The van der Waals surface area contributed by atoms with Crippen LogP contribution in [-0.4, -0.2) is 55.2 Å². The molecule has 1 saturated heterocycles. The van der Waals surface area contributed by atoms with Gasteiger partial charge in [0.1, 0.15) is 23.2 Å². The molecule has 0 bridgehead atoms. The number of nitrogens with one attached hydrogen (secondary N) is 1. The van der Waals surface area contributed by atoms with Crippen LogP contribution in [0.25, 0.3) is 21.9 Å². The van der Waals surface area contributed by atoms with E-state index in [2.05, 4.69) is 16.4 Å². The summed E-state index contributed by atoms with van der Waals surface area (Å²) in [6.45, 7) is 0. The van der Waals surface area contributed by atoms with E-state index in [0.717, 1.165) is 5.56 Å². The molecule has 2 N–H and O–H groups in total. The topological polar surface area (TPSA) is 129 Å². The van der Waals surface area contributed by atoms with E-state index in [1.54, 1.807) is 18.2 Å². The second-order valence-corrected chi connectivity index (χ2v) is 9.45. The molecule has 1 aliphatic heterocycles. The Balaban J connectivity index is 1.87. The molecule has 1 unspecified atom stereocenters. The number of sulfone groups is 1. The van der Waals surface area contributed by atoms with Gasteiger partial charge in [-0.2, -0.15) is 5.26 Å². The van der Waals surface area contributed by atoms with Gasteiger partial charge in [0, 0.05) is 10.9 Å². The fourth-order valence-corrected chi connectivity index (χ4v) is 5.52. The summed E-state index contributed by atoms with van der Waals surface area (Å²) in [5, 5.41) is 23.4. The Bertz CT molecular complexity index is 1320. The number of aliphatic hydroxyl groups excluding tert-OH is 1. The molecule has 0 saturated carbocycles. The average Bonchev–Trinajstić information content (AvgIpc) is 3.03. The first-order chi connectivity index (χ1) is 14.8. The van der Waals surface area contributed by atoms with E-state index >= 15 is 0 Å². The van der Waals surface area contributed by atoms with Gasteiger partial charge in [0.15, 0.2) is 9.84 Å². The van der Waals surface area contributed by atoms with E-state index in [9.17, 15) is 23.6 Å². The van der Waals surface area contributed by atoms with E-state index in [4.69, 9.17) is 4.74 Å². The van der Waals surface area contributed by atoms with Crippen molar-refractivity contribution in [2.45, 2.75) is 12.1 Å². The number of ether oxygens (including phenoxy) is 1. The van der Waals surface area contributed by atoms with Gasteiger partial charge in [-0.1, -0.05) is 30.3 Å². The molecule has 2 aromatic carbocycles. The fourth-order valence-electron chi connectivity index (χ4n) is 3.77. The number of rotatable bonds is 4. The highest BCUT2D eigenvalue weighted by molar-refractivity contribution is 7.91. The number of nitriles is 1. The first kappa shape index (κ1) is 20.8. The van der Waals surface area contributed by atoms with Gasteiger partial charge in [0.2, 0.25) is 0 Å². The van der Waals surface area contributed by atoms with Crippen LogP contribution >= 0.6 is 0 Å². The molecule has 9 heteroatoms. The quantitative estimate of drug-likeness (QED) is 0.635. The molecular weight excluding hydrogens is 418 g/mol. The maximum atomic E-state index is 13.0. The lowest BCUT2D eigenvalue weighted by atomic mass is 9.95. The summed E-state index contributed by atoms with van der Waals surface area (Å²) in [6, 6.07) is 15.4. The summed E-state index contributed by atoms with van der Waals surface area (Å²) >= 11 is 0. The first-order valence-corrected chi connectivity index (χ1v) is 11.3. The van der Waals surface area contributed by atoms with E-state index in [0.29, 0.717) is 22.1 Å². The molecular formula is C22H19N3O5S. The van der Waals surface area contributed by atoms with Gasteiger partial charge < -0.3 is 15.2 Å².